The maximum atomic E-state index is 12.5. The van der Waals surface area contributed by atoms with Crippen molar-refractivity contribution in [2.24, 2.45) is 0 Å². The molecular weight excluding hydrogens is 311 g/mol. The summed E-state index contributed by atoms with van der Waals surface area (Å²) >= 11 is 0. The van der Waals surface area contributed by atoms with Crippen molar-refractivity contribution in [1.82, 2.24) is 4.31 Å². The highest BCUT2D eigenvalue weighted by Gasteiger charge is 2.39. The van der Waals surface area contributed by atoms with E-state index in [1.807, 2.05) is 0 Å². The molecule has 1 fully saturated rings. The van der Waals surface area contributed by atoms with Crippen LogP contribution >= 0.6 is 0 Å². The molecule has 1 aliphatic rings. The van der Waals surface area contributed by atoms with Gasteiger partial charge in [-0.1, -0.05) is 12.1 Å². The average molecular weight is 325 g/mol. The van der Waals surface area contributed by atoms with Gasteiger partial charge in [0, 0.05) is 12.6 Å². The van der Waals surface area contributed by atoms with Gasteiger partial charge in [0.15, 0.2) is 0 Å². The van der Waals surface area contributed by atoms with Crippen molar-refractivity contribution in [3.63, 3.8) is 0 Å². The van der Waals surface area contributed by atoms with Crippen LogP contribution < -0.4 is 4.74 Å². The number of nitrogens with zero attached hydrogens (tertiary/aromatic N) is 1. The van der Waals surface area contributed by atoms with E-state index in [0.29, 0.717) is 12.8 Å². The molecule has 118 valence electrons. The summed E-state index contributed by atoms with van der Waals surface area (Å²) in [6.45, 7) is -0.213. The molecule has 0 saturated carbocycles. The molecule has 1 aromatic carbocycles. The van der Waals surface area contributed by atoms with Crippen LogP contribution in [-0.4, -0.2) is 43.4 Å². The van der Waals surface area contributed by atoms with Crippen molar-refractivity contribution in [2.75, 3.05) is 13.2 Å². The second-order valence-electron chi connectivity index (χ2n) is 4.59. The van der Waals surface area contributed by atoms with Crippen molar-refractivity contribution >= 4 is 10.0 Å². The molecule has 0 radical (unpaired) electrons. The Kier molecular flexibility index (Phi) is 4.45. The third-order valence-electron chi connectivity index (χ3n) is 3.20. The predicted molar refractivity (Wildman–Crippen MR) is 67.1 cm³/mol. The SMILES string of the molecule is O=S(=O)(c1ccccc1OC(F)(F)F)N1CCC[C@H]1CO. The highest BCUT2D eigenvalue weighted by molar-refractivity contribution is 7.89. The minimum absolute atomic E-state index is 0.161. The van der Waals surface area contributed by atoms with Gasteiger partial charge in [-0.3, -0.25) is 0 Å². The first-order valence-electron chi connectivity index (χ1n) is 6.23. The Morgan fingerprint density at radius 1 is 1.33 bits per heavy atom. The molecule has 21 heavy (non-hydrogen) atoms. The number of alkyl halides is 3. The number of benzene rings is 1. The second-order valence-corrected chi connectivity index (χ2v) is 6.45. The molecule has 1 saturated heterocycles. The summed E-state index contributed by atoms with van der Waals surface area (Å²) in [5.41, 5.74) is 0. The zero-order valence-electron chi connectivity index (χ0n) is 10.9. The zero-order chi connectivity index (χ0) is 15.7. The Bertz CT molecular complexity index is 603. The van der Waals surface area contributed by atoms with Crippen LogP contribution in [0.2, 0.25) is 0 Å². The maximum Gasteiger partial charge on any atom is 0.573 e. The smallest absolute Gasteiger partial charge is 0.404 e. The fourth-order valence-electron chi connectivity index (χ4n) is 2.31. The van der Waals surface area contributed by atoms with Crippen LogP contribution in [0.1, 0.15) is 12.8 Å². The molecule has 1 aromatic rings. The van der Waals surface area contributed by atoms with Gasteiger partial charge in [0.1, 0.15) is 10.6 Å². The number of aliphatic hydroxyl groups excluding tert-OH is 1. The molecule has 0 aromatic heterocycles. The molecule has 1 aliphatic heterocycles. The first-order valence-corrected chi connectivity index (χ1v) is 7.67. The summed E-state index contributed by atoms with van der Waals surface area (Å²) in [6.07, 6.45) is -3.96. The van der Waals surface area contributed by atoms with Gasteiger partial charge in [-0.15, -0.1) is 13.2 Å². The first-order chi connectivity index (χ1) is 9.75. The van der Waals surface area contributed by atoms with Crippen LogP contribution in [0.15, 0.2) is 29.2 Å². The number of hydrogen-bond acceptors (Lipinski definition) is 4. The van der Waals surface area contributed by atoms with E-state index in [1.165, 1.54) is 12.1 Å². The second kappa shape index (κ2) is 5.82. The minimum atomic E-state index is -4.98. The Balaban J connectivity index is 2.41. The van der Waals surface area contributed by atoms with Crippen molar-refractivity contribution < 1.29 is 31.4 Å². The number of aliphatic hydroxyl groups is 1. The number of ether oxygens (including phenoxy) is 1. The van der Waals surface area contributed by atoms with Crippen LogP contribution in [0.4, 0.5) is 13.2 Å². The van der Waals surface area contributed by atoms with E-state index in [9.17, 15) is 26.7 Å². The van der Waals surface area contributed by atoms with E-state index in [0.717, 1.165) is 16.4 Å². The molecule has 0 unspecified atom stereocenters. The molecule has 0 bridgehead atoms. The molecule has 0 amide bonds. The van der Waals surface area contributed by atoms with Crippen LogP contribution in [0.5, 0.6) is 5.75 Å². The standard InChI is InChI=1S/C12H14F3NO4S/c13-12(14,15)20-10-5-1-2-6-11(10)21(18,19)16-7-3-4-9(16)8-17/h1-2,5-6,9,17H,3-4,7-8H2/t9-/m0/s1. The van der Waals surface area contributed by atoms with E-state index in [1.54, 1.807) is 0 Å². The molecule has 9 heteroatoms. The summed E-state index contributed by atoms with van der Waals surface area (Å²) in [4.78, 5) is -0.553. The van der Waals surface area contributed by atoms with Crippen LogP contribution in [0, 0.1) is 0 Å². The molecule has 5 nitrogen and oxygen atoms in total. The summed E-state index contributed by atoms with van der Waals surface area (Å²) in [6, 6.07) is 3.97. The lowest BCUT2D eigenvalue weighted by Gasteiger charge is -2.23. The first kappa shape index (κ1) is 16.1. The molecule has 1 atom stereocenters. The summed E-state index contributed by atoms with van der Waals surface area (Å²) in [7, 11) is -4.15. The van der Waals surface area contributed by atoms with Crippen LogP contribution in [-0.2, 0) is 10.0 Å². The highest BCUT2D eigenvalue weighted by Crippen LogP contribution is 2.33. The Labute approximate surface area is 120 Å². The lowest BCUT2D eigenvalue weighted by molar-refractivity contribution is -0.275. The molecule has 2 rings (SSSR count). The van der Waals surface area contributed by atoms with Gasteiger partial charge < -0.3 is 9.84 Å². The van der Waals surface area contributed by atoms with Crippen LogP contribution in [0.25, 0.3) is 0 Å². The van der Waals surface area contributed by atoms with Gasteiger partial charge in [0.25, 0.3) is 0 Å². The summed E-state index contributed by atoms with van der Waals surface area (Å²) in [5.74, 6) is -0.770. The van der Waals surface area contributed by atoms with Crippen molar-refractivity contribution in [1.29, 1.82) is 0 Å². The average Bonchev–Trinajstić information content (AvgIpc) is 2.86. The third kappa shape index (κ3) is 3.47. The van der Waals surface area contributed by atoms with Gasteiger partial charge in [-0.25, -0.2) is 8.42 Å². The topological polar surface area (TPSA) is 66.8 Å². The largest absolute Gasteiger partial charge is 0.573 e. The fraction of sp³-hybridized carbons (Fsp3) is 0.500. The summed E-state index contributed by atoms with van der Waals surface area (Å²) < 4.78 is 66.8. The van der Waals surface area contributed by atoms with Gasteiger partial charge in [0.05, 0.1) is 6.61 Å². The van der Waals surface area contributed by atoms with Gasteiger partial charge >= 0.3 is 6.36 Å². The molecule has 1 heterocycles. The molecule has 1 N–H and O–H groups in total. The van der Waals surface area contributed by atoms with E-state index < -0.39 is 33.1 Å². The third-order valence-corrected chi connectivity index (χ3v) is 5.19. The number of hydrogen-bond donors (Lipinski definition) is 1. The zero-order valence-corrected chi connectivity index (χ0v) is 11.7. The monoisotopic (exact) mass is 325 g/mol. The lowest BCUT2D eigenvalue weighted by Crippen LogP contribution is -2.38. The van der Waals surface area contributed by atoms with Gasteiger partial charge in [-0.2, -0.15) is 4.31 Å². The number of sulfonamides is 1. The van der Waals surface area contributed by atoms with Crippen LogP contribution in [0.3, 0.4) is 0 Å². The van der Waals surface area contributed by atoms with Crippen molar-refractivity contribution in [3.05, 3.63) is 24.3 Å². The van der Waals surface area contributed by atoms with E-state index in [2.05, 4.69) is 4.74 Å². The summed E-state index contributed by atoms with van der Waals surface area (Å²) in [5, 5.41) is 9.19. The van der Waals surface area contributed by atoms with E-state index in [4.69, 9.17) is 0 Å². The number of halogens is 3. The highest BCUT2D eigenvalue weighted by atomic mass is 32.2. The van der Waals surface area contributed by atoms with E-state index in [-0.39, 0.29) is 13.2 Å². The van der Waals surface area contributed by atoms with Gasteiger partial charge in [-0.05, 0) is 25.0 Å². The quantitative estimate of drug-likeness (QED) is 0.915. The molecule has 0 spiro atoms. The van der Waals surface area contributed by atoms with Crippen molar-refractivity contribution in [2.45, 2.75) is 30.1 Å². The van der Waals surface area contributed by atoms with Gasteiger partial charge in [0.2, 0.25) is 10.0 Å². The number of para-hydroxylation sites is 1. The predicted octanol–water partition coefficient (Wildman–Crippen LogP) is 1.73. The fourth-order valence-corrected chi connectivity index (χ4v) is 4.11. The maximum absolute atomic E-state index is 12.5. The minimum Gasteiger partial charge on any atom is -0.404 e. The Hall–Kier alpha value is -1.32. The normalized spacial score (nSPS) is 20.7. The molecule has 0 aliphatic carbocycles. The molecular formula is C12H14F3NO4S. The Morgan fingerprint density at radius 3 is 2.62 bits per heavy atom. The van der Waals surface area contributed by atoms with E-state index >= 15 is 0 Å². The lowest BCUT2D eigenvalue weighted by atomic mass is 10.2. The van der Waals surface area contributed by atoms with Crippen molar-refractivity contribution in [3.8, 4) is 5.75 Å². The number of rotatable bonds is 4. The Morgan fingerprint density at radius 2 is 2.00 bits per heavy atom.